The molecule has 2 aromatic heterocycles. The van der Waals surface area contributed by atoms with E-state index in [9.17, 15) is 19.5 Å². The van der Waals surface area contributed by atoms with E-state index < -0.39 is 17.1 Å². The molecule has 0 aliphatic rings. The molecule has 1 amide bonds. The number of nitrogens with zero attached hydrogens (tertiary/aromatic N) is 2. The summed E-state index contributed by atoms with van der Waals surface area (Å²) >= 11 is 1.13. The molecule has 0 saturated carbocycles. The number of carbonyl (C=O) groups is 2. The SMILES string of the molecule is Cc1ccc(NC(=O)c2sc3nc(C)n(C(C)(C)C(=O)O)c(=O)c3c2C)c(C)c1. The Hall–Kier alpha value is -3.00. The number of aliphatic carboxylic acids is 1. The van der Waals surface area contributed by atoms with Gasteiger partial charge in [-0.1, -0.05) is 17.7 Å². The fourth-order valence-electron chi connectivity index (χ4n) is 3.39. The van der Waals surface area contributed by atoms with E-state index in [1.165, 1.54) is 18.4 Å². The first kappa shape index (κ1) is 20.7. The minimum Gasteiger partial charge on any atom is -0.480 e. The number of amides is 1. The van der Waals surface area contributed by atoms with Gasteiger partial charge in [0.25, 0.3) is 11.5 Å². The summed E-state index contributed by atoms with van der Waals surface area (Å²) in [4.78, 5) is 42.9. The standard InChI is InChI=1S/C21H23N3O4S/c1-10-7-8-14(11(2)9-10)23-17(25)16-12(3)15-18(29-16)22-13(4)24(19(15)26)21(5,6)20(27)28/h7-9H,1-6H3,(H,23,25)(H,27,28). The van der Waals surface area contributed by atoms with Gasteiger partial charge in [-0.15, -0.1) is 11.3 Å². The molecule has 0 unspecified atom stereocenters. The highest BCUT2D eigenvalue weighted by Crippen LogP contribution is 2.30. The number of carboxylic acids is 1. The van der Waals surface area contributed by atoms with Crippen molar-refractivity contribution in [3.8, 4) is 0 Å². The number of anilines is 1. The number of thiophene rings is 1. The Labute approximate surface area is 172 Å². The molecule has 0 atom stereocenters. The maximum absolute atomic E-state index is 13.1. The van der Waals surface area contributed by atoms with E-state index in [4.69, 9.17) is 0 Å². The zero-order valence-corrected chi connectivity index (χ0v) is 18.0. The predicted molar refractivity (Wildman–Crippen MR) is 114 cm³/mol. The number of hydrogen-bond donors (Lipinski definition) is 2. The van der Waals surface area contributed by atoms with Gasteiger partial charge in [0, 0.05) is 5.69 Å². The number of aryl methyl sites for hydroxylation is 4. The Balaban J connectivity index is 2.13. The third kappa shape index (κ3) is 3.44. The normalized spacial score (nSPS) is 11.7. The highest BCUT2D eigenvalue weighted by Gasteiger charge is 2.34. The second kappa shape index (κ2) is 7.11. The summed E-state index contributed by atoms with van der Waals surface area (Å²) in [7, 11) is 0. The first-order valence-electron chi connectivity index (χ1n) is 9.10. The van der Waals surface area contributed by atoms with Gasteiger partial charge >= 0.3 is 5.97 Å². The highest BCUT2D eigenvalue weighted by molar-refractivity contribution is 7.20. The molecule has 2 heterocycles. The molecule has 0 aliphatic heterocycles. The van der Waals surface area contributed by atoms with Gasteiger partial charge in [0.15, 0.2) is 0 Å². The van der Waals surface area contributed by atoms with Crippen LogP contribution in [0.2, 0.25) is 0 Å². The summed E-state index contributed by atoms with van der Waals surface area (Å²) in [5.74, 6) is -1.17. The summed E-state index contributed by atoms with van der Waals surface area (Å²) in [5.41, 5.74) is 1.32. The zero-order chi connectivity index (χ0) is 21.7. The Morgan fingerprint density at radius 2 is 1.83 bits per heavy atom. The first-order chi connectivity index (χ1) is 13.4. The lowest BCUT2D eigenvalue weighted by molar-refractivity contribution is -0.145. The zero-order valence-electron chi connectivity index (χ0n) is 17.2. The Morgan fingerprint density at radius 3 is 2.41 bits per heavy atom. The average molecular weight is 413 g/mol. The van der Waals surface area contributed by atoms with Crippen LogP contribution < -0.4 is 10.9 Å². The molecule has 0 fully saturated rings. The molecule has 0 saturated heterocycles. The highest BCUT2D eigenvalue weighted by atomic mass is 32.1. The molecule has 3 rings (SSSR count). The van der Waals surface area contributed by atoms with Gasteiger partial charge in [-0.05, 0) is 58.7 Å². The lowest BCUT2D eigenvalue weighted by atomic mass is 10.0. The van der Waals surface area contributed by atoms with Crippen LogP contribution in [-0.2, 0) is 10.3 Å². The second-order valence-electron chi connectivity index (χ2n) is 7.67. The lowest BCUT2D eigenvalue weighted by Crippen LogP contribution is -2.44. The molecule has 2 N–H and O–H groups in total. The molecule has 0 spiro atoms. The first-order valence-corrected chi connectivity index (χ1v) is 9.92. The number of fused-ring (bicyclic) bond motifs is 1. The predicted octanol–water partition coefficient (Wildman–Crippen LogP) is 3.76. The molecule has 3 aromatic rings. The summed E-state index contributed by atoms with van der Waals surface area (Å²) in [6.07, 6.45) is 0. The summed E-state index contributed by atoms with van der Waals surface area (Å²) in [6, 6.07) is 5.74. The number of carbonyl (C=O) groups excluding carboxylic acids is 1. The number of aromatic nitrogens is 2. The van der Waals surface area contributed by atoms with E-state index in [0.29, 0.717) is 21.0 Å². The largest absolute Gasteiger partial charge is 0.480 e. The van der Waals surface area contributed by atoms with Gasteiger partial charge in [-0.2, -0.15) is 0 Å². The summed E-state index contributed by atoms with van der Waals surface area (Å²) in [6.45, 7) is 10.1. The quantitative estimate of drug-likeness (QED) is 0.678. The van der Waals surface area contributed by atoms with Crippen LogP contribution in [0.4, 0.5) is 5.69 Å². The van der Waals surface area contributed by atoms with Crippen molar-refractivity contribution in [2.75, 3.05) is 5.32 Å². The smallest absolute Gasteiger partial charge is 0.329 e. The molecule has 0 aliphatic carbocycles. The average Bonchev–Trinajstić information content (AvgIpc) is 2.93. The fourth-order valence-corrected chi connectivity index (χ4v) is 4.50. The van der Waals surface area contributed by atoms with E-state index in [0.717, 1.165) is 22.5 Å². The molecule has 0 radical (unpaired) electrons. The van der Waals surface area contributed by atoms with Gasteiger partial charge in [-0.3, -0.25) is 14.2 Å². The van der Waals surface area contributed by atoms with Gasteiger partial charge < -0.3 is 10.4 Å². The minimum atomic E-state index is -1.46. The van der Waals surface area contributed by atoms with E-state index in [-0.39, 0.29) is 17.1 Å². The summed E-state index contributed by atoms with van der Waals surface area (Å²) < 4.78 is 1.17. The van der Waals surface area contributed by atoms with Crippen molar-refractivity contribution < 1.29 is 14.7 Å². The van der Waals surface area contributed by atoms with Crippen LogP contribution in [0.1, 0.15) is 46.0 Å². The maximum atomic E-state index is 13.1. The number of hydrogen-bond acceptors (Lipinski definition) is 5. The third-order valence-electron chi connectivity index (χ3n) is 5.05. The monoisotopic (exact) mass is 413 g/mol. The molecule has 7 nitrogen and oxygen atoms in total. The van der Waals surface area contributed by atoms with E-state index >= 15 is 0 Å². The molecule has 1 aromatic carbocycles. The fraction of sp³-hybridized carbons (Fsp3) is 0.333. The van der Waals surface area contributed by atoms with Crippen molar-refractivity contribution in [1.29, 1.82) is 0 Å². The van der Waals surface area contributed by atoms with Gasteiger partial charge in [-0.25, -0.2) is 9.78 Å². The number of carboxylic acid groups (broad SMARTS) is 1. The van der Waals surface area contributed by atoms with E-state index in [2.05, 4.69) is 10.3 Å². The molecule has 8 heteroatoms. The Kier molecular flexibility index (Phi) is 5.08. The molecule has 29 heavy (non-hydrogen) atoms. The van der Waals surface area contributed by atoms with Crippen molar-refractivity contribution in [3.63, 3.8) is 0 Å². The topological polar surface area (TPSA) is 101 Å². The third-order valence-corrected chi connectivity index (χ3v) is 6.24. The van der Waals surface area contributed by atoms with E-state index in [1.807, 2.05) is 32.0 Å². The molecule has 0 bridgehead atoms. The van der Waals surface area contributed by atoms with Crippen LogP contribution in [0.15, 0.2) is 23.0 Å². The van der Waals surface area contributed by atoms with Gasteiger partial charge in [0.2, 0.25) is 0 Å². The van der Waals surface area contributed by atoms with Crippen LogP contribution >= 0.6 is 11.3 Å². The summed E-state index contributed by atoms with van der Waals surface area (Å²) in [5, 5.41) is 12.7. The Morgan fingerprint density at radius 1 is 1.17 bits per heavy atom. The van der Waals surface area contributed by atoms with Crippen LogP contribution in [0.5, 0.6) is 0 Å². The molecular weight excluding hydrogens is 390 g/mol. The van der Waals surface area contributed by atoms with Gasteiger partial charge in [0.1, 0.15) is 16.2 Å². The Bertz CT molecular complexity index is 1220. The number of benzene rings is 1. The lowest BCUT2D eigenvalue weighted by Gasteiger charge is -2.24. The van der Waals surface area contributed by atoms with Crippen LogP contribution in [0.25, 0.3) is 10.2 Å². The van der Waals surface area contributed by atoms with Crippen molar-refractivity contribution in [2.45, 2.75) is 47.1 Å². The molecular formula is C21H23N3O4S. The number of rotatable bonds is 4. The van der Waals surface area contributed by atoms with Crippen molar-refractivity contribution >= 4 is 39.1 Å². The van der Waals surface area contributed by atoms with Crippen molar-refractivity contribution in [3.05, 3.63) is 55.9 Å². The van der Waals surface area contributed by atoms with Crippen LogP contribution in [-0.4, -0.2) is 26.5 Å². The van der Waals surface area contributed by atoms with Crippen LogP contribution in [0, 0.1) is 27.7 Å². The molecule has 152 valence electrons. The van der Waals surface area contributed by atoms with Gasteiger partial charge in [0.05, 0.1) is 10.3 Å². The van der Waals surface area contributed by atoms with Crippen LogP contribution in [0.3, 0.4) is 0 Å². The maximum Gasteiger partial charge on any atom is 0.329 e. The van der Waals surface area contributed by atoms with Crippen molar-refractivity contribution in [1.82, 2.24) is 9.55 Å². The van der Waals surface area contributed by atoms with Crippen molar-refractivity contribution in [2.24, 2.45) is 0 Å². The minimum absolute atomic E-state index is 0.278. The van der Waals surface area contributed by atoms with E-state index in [1.54, 1.807) is 13.8 Å². The number of nitrogens with one attached hydrogen (secondary N) is 1. The second-order valence-corrected chi connectivity index (χ2v) is 8.67.